The maximum atomic E-state index is 12.5. The molecule has 1 aromatic carbocycles. The molecular weight excluding hydrogens is 358 g/mol. The topological polar surface area (TPSA) is 79.9 Å². The van der Waals surface area contributed by atoms with Crippen LogP contribution in [0.2, 0.25) is 0 Å². The van der Waals surface area contributed by atoms with E-state index in [0.29, 0.717) is 29.5 Å². The van der Waals surface area contributed by atoms with E-state index in [1.807, 2.05) is 4.90 Å². The zero-order chi connectivity index (χ0) is 19.9. The number of carbonyl (C=O) groups excluding carboxylic acids is 2. The fraction of sp³-hybridized carbons (Fsp3) is 0.619. The summed E-state index contributed by atoms with van der Waals surface area (Å²) >= 11 is 0. The van der Waals surface area contributed by atoms with Crippen LogP contribution >= 0.6 is 0 Å². The van der Waals surface area contributed by atoms with Gasteiger partial charge in [0, 0.05) is 25.6 Å². The predicted molar refractivity (Wildman–Crippen MR) is 108 cm³/mol. The Labute approximate surface area is 166 Å². The Kier molecular flexibility index (Phi) is 7.14. The van der Waals surface area contributed by atoms with Crippen LogP contribution in [0.3, 0.4) is 0 Å². The molecule has 7 heteroatoms. The molecule has 2 saturated heterocycles. The Hall–Kier alpha value is -2.28. The Morgan fingerprint density at radius 3 is 2.61 bits per heavy atom. The second-order valence-corrected chi connectivity index (χ2v) is 7.57. The van der Waals surface area contributed by atoms with Gasteiger partial charge in [0.2, 0.25) is 11.8 Å². The van der Waals surface area contributed by atoms with E-state index in [2.05, 4.69) is 10.6 Å². The number of piperidine rings is 1. The van der Waals surface area contributed by atoms with Crippen LogP contribution in [0, 0.1) is 5.92 Å². The number of methoxy groups -OCH3 is 2. The van der Waals surface area contributed by atoms with Gasteiger partial charge in [-0.15, -0.1) is 0 Å². The number of hydrogen-bond donors (Lipinski definition) is 2. The third-order valence-corrected chi connectivity index (χ3v) is 5.75. The highest BCUT2D eigenvalue weighted by Crippen LogP contribution is 2.29. The van der Waals surface area contributed by atoms with Crippen LogP contribution in [0.1, 0.15) is 38.5 Å². The normalized spacial score (nSPS) is 20.1. The fourth-order valence-corrected chi connectivity index (χ4v) is 4.01. The Morgan fingerprint density at radius 1 is 1.18 bits per heavy atom. The molecule has 7 nitrogen and oxygen atoms in total. The molecule has 2 heterocycles. The minimum absolute atomic E-state index is 0.0156. The van der Waals surface area contributed by atoms with Crippen molar-refractivity contribution in [3.8, 4) is 11.5 Å². The zero-order valence-corrected chi connectivity index (χ0v) is 16.8. The molecule has 0 saturated carbocycles. The monoisotopic (exact) mass is 389 g/mol. The molecule has 28 heavy (non-hydrogen) atoms. The van der Waals surface area contributed by atoms with E-state index in [9.17, 15) is 9.59 Å². The van der Waals surface area contributed by atoms with E-state index in [0.717, 1.165) is 51.7 Å². The maximum Gasteiger partial charge on any atom is 0.239 e. The average Bonchev–Trinajstić information content (AvgIpc) is 3.27. The van der Waals surface area contributed by atoms with Gasteiger partial charge in [0.25, 0.3) is 0 Å². The van der Waals surface area contributed by atoms with Crippen molar-refractivity contribution in [1.29, 1.82) is 0 Å². The van der Waals surface area contributed by atoms with Crippen LogP contribution in [-0.4, -0.2) is 56.6 Å². The van der Waals surface area contributed by atoms with Gasteiger partial charge < -0.3 is 25.0 Å². The number of nitrogens with zero attached hydrogens (tertiary/aromatic N) is 1. The first kappa shape index (κ1) is 20.5. The number of rotatable bonds is 7. The van der Waals surface area contributed by atoms with Crippen molar-refractivity contribution < 1.29 is 19.1 Å². The summed E-state index contributed by atoms with van der Waals surface area (Å²) in [6.45, 7) is 2.55. The SMILES string of the molecule is COc1ccc(NC(=O)CCC2CCN(C(=O)C3CCCN3)CC2)c(OC)c1. The molecule has 2 amide bonds. The molecular formula is C21H31N3O4. The molecule has 0 bridgehead atoms. The molecule has 0 radical (unpaired) electrons. The molecule has 1 unspecified atom stereocenters. The molecule has 0 aliphatic carbocycles. The minimum Gasteiger partial charge on any atom is -0.497 e. The summed E-state index contributed by atoms with van der Waals surface area (Å²) < 4.78 is 10.5. The molecule has 1 atom stereocenters. The summed E-state index contributed by atoms with van der Waals surface area (Å²) in [5.74, 6) is 1.99. The first-order valence-corrected chi connectivity index (χ1v) is 10.1. The standard InChI is InChI=1S/C21H31N3O4/c1-27-16-6-7-17(19(14-16)28-2)23-20(25)8-5-15-9-12-24(13-10-15)21(26)18-4-3-11-22-18/h6-7,14-15,18,22H,3-5,8-13H2,1-2H3,(H,23,25). The lowest BCUT2D eigenvalue weighted by Crippen LogP contribution is -2.47. The maximum absolute atomic E-state index is 12.5. The number of amides is 2. The van der Waals surface area contributed by atoms with Crippen LogP contribution < -0.4 is 20.1 Å². The van der Waals surface area contributed by atoms with E-state index in [1.165, 1.54) is 0 Å². The van der Waals surface area contributed by atoms with Gasteiger partial charge in [-0.1, -0.05) is 0 Å². The number of ether oxygens (including phenoxy) is 2. The first-order chi connectivity index (χ1) is 13.6. The number of carbonyl (C=O) groups is 2. The fourth-order valence-electron chi connectivity index (χ4n) is 4.01. The lowest BCUT2D eigenvalue weighted by atomic mass is 9.91. The van der Waals surface area contributed by atoms with E-state index in [4.69, 9.17) is 9.47 Å². The van der Waals surface area contributed by atoms with E-state index < -0.39 is 0 Å². The third-order valence-electron chi connectivity index (χ3n) is 5.75. The molecule has 2 aliphatic heterocycles. The van der Waals surface area contributed by atoms with Crippen LogP contribution in [0.4, 0.5) is 5.69 Å². The van der Waals surface area contributed by atoms with E-state index >= 15 is 0 Å². The van der Waals surface area contributed by atoms with Crippen LogP contribution in [0.15, 0.2) is 18.2 Å². The van der Waals surface area contributed by atoms with Crippen molar-refractivity contribution >= 4 is 17.5 Å². The van der Waals surface area contributed by atoms with Crippen molar-refractivity contribution in [2.75, 3.05) is 39.2 Å². The Bertz CT molecular complexity index is 680. The van der Waals surface area contributed by atoms with Crippen LogP contribution in [0.5, 0.6) is 11.5 Å². The van der Waals surface area contributed by atoms with Gasteiger partial charge in [0.05, 0.1) is 25.9 Å². The quantitative estimate of drug-likeness (QED) is 0.749. The highest BCUT2D eigenvalue weighted by Gasteiger charge is 2.29. The molecule has 2 aliphatic rings. The number of anilines is 1. The molecule has 2 fully saturated rings. The number of benzene rings is 1. The van der Waals surface area contributed by atoms with Crippen molar-refractivity contribution in [2.45, 2.75) is 44.6 Å². The highest BCUT2D eigenvalue weighted by atomic mass is 16.5. The molecule has 0 spiro atoms. The van der Waals surface area contributed by atoms with Gasteiger partial charge in [-0.25, -0.2) is 0 Å². The molecule has 0 aromatic heterocycles. The lowest BCUT2D eigenvalue weighted by Gasteiger charge is -2.33. The Balaban J connectivity index is 1.41. The average molecular weight is 389 g/mol. The number of likely N-dealkylation sites (tertiary alicyclic amines) is 1. The van der Waals surface area contributed by atoms with Gasteiger partial charge in [-0.2, -0.15) is 0 Å². The number of hydrogen-bond acceptors (Lipinski definition) is 5. The van der Waals surface area contributed by atoms with E-state index in [-0.39, 0.29) is 17.9 Å². The van der Waals surface area contributed by atoms with Gasteiger partial charge in [-0.3, -0.25) is 9.59 Å². The van der Waals surface area contributed by atoms with E-state index in [1.54, 1.807) is 32.4 Å². The summed E-state index contributed by atoms with van der Waals surface area (Å²) in [5.41, 5.74) is 0.651. The van der Waals surface area contributed by atoms with Crippen molar-refractivity contribution in [3.05, 3.63) is 18.2 Å². The zero-order valence-electron chi connectivity index (χ0n) is 16.8. The van der Waals surface area contributed by atoms with Gasteiger partial charge in [0.1, 0.15) is 11.5 Å². The molecule has 154 valence electrons. The smallest absolute Gasteiger partial charge is 0.239 e. The summed E-state index contributed by atoms with van der Waals surface area (Å²) in [5, 5.41) is 6.21. The molecule has 1 aromatic rings. The minimum atomic E-state index is -0.0165. The lowest BCUT2D eigenvalue weighted by molar-refractivity contribution is -0.134. The molecule has 3 rings (SSSR count). The molecule has 2 N–H and O–H groups in total. The second-order valence-electron chi connectivity index (χ2n) is 7.57. The second kappa shape index (κ2) is 9.78. The van der Waals surface area contributed by atoms with Crippen LogP contribution in [0.25, 0.3) is 0 Å². The van der Waals surface area contributed by atoms with Crippen molar-refractivity contribution in [2.24, 2.45) is 5.92 Å². The van der Waals surface area contributed by atoms with Crippen molar-refractivity contribution in [1.82, 2.24) is 10.2 Å². The van der Waals surface area contributed by atoms with Gasteiger partial charge >= 0.3 is 0 Å². The van der Waals surface area contributed by atoms with Gasteiger partial charge in [-0.05, 0) is 56.7 Å². The largest absolute Gasteiger partial charge is 0.497 e. The summed E-state index contributed by atoms with van der Waals surface area (Å²) in [6.07, 6.45) is 5.29. The summed E-state index contributed by atoms with van der Waals surface area (Å²) in [4.78, 5) is 26.8. The third kappa shape index (κ3) is 5.16. The van der Waals surface area contributed by atoms with Crippen LogP contribution in [-0.2, 0) is 9.59 Å². The number of nitrogens with one attached hydrogen (secondary N) is 2. The summed E-state index contributed by atoms with van der Waals surface area (Å²) in [7, 11) is 3.16. The van der Waals surface area contributed by atoms with Gasteiger partial charge in [0.15, 0.2) is 0 Å². The highest BCUT2D eigenvalue weighted by molar-refractivity contribution is 5.92. The first-order valence-electron chi connectivity index (χ1n) is 10.1. The summed E-state index contributed by atoms with van der Waals surface area (Å²) in [6, 6.07) is 5.35. The predicted octanol–water partition coefficient (Wildman–Crippen LogP) is 2.41. The Morgan fingerprint density at radius 2 is 1.96 bits per heavy atom. The van der Waals surface area contributed by atoms with Crippen molar-refractivity contribution in [3.63, 3.8) is 0 Å².